The summed E-state index contributed by atoms with van der Waals surface area (Å²) in [6.07, 6.45) is 2.37. The van der Waals surface area contributed by atoms with Gasteiger partial charge in [-0.3, -0.25) is 0 Å². The van der Waals surface area contributed by atoms with Crippen molar-refractivity contribution in [1.82, 2.24) is 0 Å². The molecule has 0 amide bonds. The van der Waals surface area contributed by atoms with E-state index in [-0.39, 0.29) is 5.41 Å². The fraction of sp³-hybridized carbons (Fsp3) is 0.571. The normalized spacial score (nSPS) is 14.5. The Morgan fingerprint density at radius 2 is 1.88 bits per heavy atom. The van der Waals surface area contributed by atoms with Gasteiger partial charge in [0, 0.05) is 19.3 Å². The van der Waals surface area contributed by atoms with Crippen LogP contribution in [-0.4, -0.2) is 20.1 Å². The first kappa shape index (κ1) is 13.0. The molecule has 1 unspecified atom stereocenters. The van der Waals surface area contributed by atoms with Crippen LogP contribution in [0.3, 0.4) is 0 Å². The molecule has 2 nitrogen and oxygen atoms in total. The van der Waals surface area contributed by atoms with Gasteiger partial charge in [-0.1, -0.05) is 38.5 Å². The van der Waals surface area contributed by atoms with Crippen LogP contribution in [0.1, 0.15) is 26.7 Å². The molecule has 16 heavy (non-hydrogen) atoms. The number of anilines is 1. The summed E-state index contributed by atoms with van der Waals surface area (Å²) in [5, 5.41) is 0. The molecule has 0 aliphatic carbocycles. The van der Waals surface area contributed by atoms with Gasteiger partial charge in [0.25, 0.3) is 0 Å². The zero-order valence-electron chi connectivity index (χ0n) is 10.7. The molecular weight excluding hydrogens is 196 g/mol. The summed E-state index contributed by atoms with van der Waals surface area (Å²) < 4.78 is 0. The molecule has 1 aromatic carbocycles. The number of rotatable bonds is 6. The topological polar surface area (TPSA) is 29.3 Å². The van der Waals surface area contributed by atoms with Gasteiger partial charge in [0.1, 0.15) is 0 Å². The van der Waals surface area contributed by atoms with Crippen LogP contribution in [-0.2, 0) is 0 Å². The molecule has 0 saturated heterocycles. The Labute approximate surface area is 99.5 Å². The van der Waals surface area contributed by atoms with Gasteiger partial charge in [-0.05, 0) is 30.5 Å². The van der Waals surface area contributed by atoms with Gasteiger partial charge in [0.05, 0.1) is 0 Å². The lowest BCUT2D eigenvalue weighted by atomic mass is 9.85. The maximum Gasteiger partial charge on any atom is 0.0363 e. The van der Waals surface area contributed by atoms with Gasteiger partial charge in [-0.2, -0.15) is 0 Å². The molecule has 90 valence electrons. The highest BCUT2D eigenvalue weighted by Gasteiger charge is 2.23. The largest absolute Gasteiger partial charge is 0.374 e. The van der Waals surface area contributed by atoms with E-state index in [4.69, 9.17) is 5.73 Å². The zero-order valence-corrected chi connectivity index (χ0v) is 10.7. The van der Waals surface area contributed by atoms with E-state index in [2.05, 4.69) is 50.1 Å². The Kier molecular flexibility index (Phi) is 4.81. The van der Waals surface area contributed by atoms with Crippen molar-refractivity contribution in [2.45, 2.75) is 26.7 Å². The second-order valence-electron chi connectivity index (χ2n) is 4.96. The van der Waals surface area contributed by atoms with Crippen LogP contribution in [0.15, 0.2) is 30.3 Å². The fourth-order valence-corrected chi connectivity index (χ4v) is 2.20. The molecule has 1 rings (SSSR count). The van der Waals surface area contributed by atoms with E-state index in [9.17, 15) is 0 Å². The summed E-state index contributed by atoms with van der Waals surface area (Å²) in [5.41, 5.74) is 7.38. The monoisotopic (exact) mass is 220 g/mol. The van der Waals surface area contributed by atoms with Crippen LogP contribution in [0.4, 0.5) is 5.69 Å². The minimum atomic E-state index is 0.222. The minimum absolute atomic E-state index is 0.222. The summed E-state index contributed by atoms with van der Waals surface area (Å²) in [5.74, 6) is 0. The third-order valence-electron chi connectivity index (χ3n) is 3.16. The summed E-state index contributed by atoms with van der Waals surface area (Å²) in [6.45, 7) is 6.26. The van der Waals surface area contributed by atoms with Crippen molar-refractivity contribution in [1.29, 1.82) is 0 Å². The first-order valence-corrected chi connectivity index (χ1v) is 6.07. The molecule has 1 atom stereocenters. The molecule has 0 aliphatic rings. The van der Waals surface area contributed by atoms with Gasteiger partial charge < -0.3 is 10.6 Å². The molecule has 2 heteroatoms. The highest BCUT2D eigenvalue weighted by Crippen LogP contribution is 2.25. The maximum absolute atomic E-state index is 5.89. The molecule has 0 saturated carbocycles. The van der Waals surface area contributed by atoms with Crippen molar-refractivity contribution in [3.8, 4) is 0 Å². The van der Waals surface area contributed by atoms with Crippen LogP contribution >= 0.6 is 0 Å². The van der Waals surface area contributed by atoms with Gasteiger partial charge in [-0.25, -0.2) is 0 Å². The van der Waals surface area contributed by atoms with Gasteiger partial charge in [0.15, 0.2) is 0 Å². The first-order chi connectivity index (χ1) is 7.61. The number of nitrogens with zero attached hydrogens (tertiary/aromatic N) is 1. The number of nitrogens with two attached hydrogens (primary N) is 1. The number of hydrogen-bond acceptors (Lipinski definition) is 2. The molecule has 0 aliphatic heterocycles. The van der Waals surface area contributed by atoms with E-state index < -0.39 is 0 Å². The molecule has 1 aromatic rings. The van der Waals surface area contributed by atoms with Gasteiger partial charge in [0.2, 0.25) is 0 Å². The van der Waals surface area contributed by atoms with Crippen molar-refractivity contribution >= 4 is 5.69 Å². The van der Waals surface area contributed by atoms with E-state index >= 15 is 0 Å². The van der Waals surface area contributed by atoms with E-state index in [1.54, 1.807) is 0 Å². The van der Waals surface area contributed by atoms with Gasteiger partial charge in [-0.15, -0.1) is 0 Å². The minimum Gasteiger partial charge on any atom is -0.374 e. The van der Waals surface area contributed by atoms with Crippen LogP contribution in [0, 0.1) is 5.41 Å². The fourth-order valence-electron chi connectivity index (χ4n) is 2.20. The quantitative estimate of drug-likeness (QED) is 0.798. The molecule has 0 radical (unpaired) electrons. The molecule has 0 fully saturated rings. The average Bonchev–Trinajstić information content (AvgIpc) is 2.30. The van der Waals surface area contributed by atoms with Gasteiger partial charge >= 0.3 is 0 Å². The third-order valence-corrected chi connectivity index (χ3v) is 3.16. The van der Waals surface area contributed by atoms with E-state index in [0.29, 0.717) is 0 Å². The van der Waals surface area contributed by atoms with Crippen LogP contribution in [0.5, 0.6) is 0 Å². The lowest BCUT2D eigenvalue weighted by Crippen LogP contribution is -2.39. The Morgan fingerprint density at radius 1 is 1.25 bits per heavy atom. The van der Waals surface area contributed by atoms with Crippen molar-refractivity contribution in [2.75, 3.05) is 25.0 Å². The lowest BCUT2D eigenvalue weighted by Gasteiger charge is -2.33. The predicted molar refractivity (Wildman–Crippen MR) is 71.8 cm³/mol. The lowest BCUT2D eigenvalue weighted by molar-refractivity contribution is 0.312. The van der Waals surface area contributed by atoms with Crippen molar-refractivity contribution in [3.63, 3.8) is 0 Å². The third kappa shape index (κ3) is 3.53. The zero-order chi connectivity index (χ0) is 12.0. The SMILES string of the molecule is CCCC(C)(CN)CN(C)c1ccccc1. The molecule has 0 bridgehead atoms. The van der Waals surface area contributed by atoms with Crippen LogP contribution in [0.25, 0.3) is 0 Å². The number of hydrogen-bond donors (Lipinski definition) is 1. The Morgan fingerprint density at radius 3 is 2.38 bits per heavy atom. The maximum atomic E-state index is 5.89. The summed E-state index contributed by atoms with van der Waals surface area (Å²) in [7, 11) is 2.14. The second-order valence-corrected chi connectivity index (χ2v) is 4.96. The van der Waals surface area contributed by atoms with Crippen LogP contribution < -0.4 is 10.6 Å². The smallest absolute Gasteiger partial charge is 0.0363 e. The molecule has 0 spiro atoms. The number of benzene rings is 1. The van der Waals surface area contributed by atoms with Crippen molar-refractivity contribution in [2.24, 2.45) is 11.1 Å². The average molecular weight is 220 g/mol. The first-order valence-electron chi connectivity index (χ1n) is 6.07. The Bertz CT molecular complexity index is 297. The summed E-state index contributed by atoms with van der Waals surface area (Å²) >= 11 is 0. The number of para-hydroxylation sites is 1. The summed E-state index contributed by atoms with van der Waals surface area (Å²) in [4.78, 5) is 2.29. The molecule has 2 N–H and O–H groups in total. The highest BCUT2D eigenvalue weighted by atomic mass is 15.1. The van der Waals surface area contributed by atoms with E-state index in [1.807, 2.05) is 6.07 Å². The summed E-state index contributed by atoms with van der Waals surface area (Å²) in [6, 6.07) is 10.5. The predicted octanol–water partition coefficient (Wildman–Crippen LogP) is 2.89. The highest BCUT2D eigenvalue weighted by molar-refractivity contribution is 5.45. The molecule has 0 aromatic heterocycles. The Balaban J connectivity index is 2.65. The van der Waals surface area contributed by atoms with E-state index in [0.717, 1.165) is 13.1 Å². The molecular formula is C14H24N2. The Hall–Kier alpha value is -1.02. The molecule has 0 heterocycles. The van der Waals surface area contributed by atoms with Crippen molar-refractivity contribution in [3.05, 3.63) is 30.3 Å². The van der Waals surface area contributed by atoms with Crippen molar-refractivity contribution < 1.29 is 0 Å². The standard InChI is InChI=1S/C14H24N2/c1-4-10-14(2,11-15)12-16(3)13-8-6-5-7-9-13/h5-9H,4,10-12,15H2,1-3H3. The second kappa shape index (κ2) is 5.90. The van der Waals surface area contributed by atoms with E-state index in [1.165, 1.54) is 18.5 Å². The van der Waals surface area contributed by atoms with Crippen LogP contribution in [0.2, 0.25) is 0 Å².